The van der Waals surface area contributed by atoms with E-state index >= 15 is 0 Å². The van der Waals surface area contributed by atoms with Crippen molar-refractivity contribution in [2.24, 2.45) is 5.73 Å². The number of nitrogens with two attached hydrogens (primary N) is 1. The van der Waals surface area contributed by atoms with Crippen LogP contribution >= 0.6 is 22.6 Å². The molecule has 1 rings (SSSR count). The number of nitrogens with zero attached hydrogens (tertiary/aromatic N) is 2. The molecular weight excluding hydrogens is 265 g/mol. The maximum Gasteiger partial charge on any atom is 0.0641 e. The molecule has 12 heavy (non-hydrogen) atoms. The van der Waals surface area contributed by atoms with E-state index in [0.29, 0.717) is 6.42 Å². The van der Waals surface area contributed by atoms with Gasteiger partial charge in [0.15, 0.2) is 0 Å². The third-order valence-electron chi connectivity index (χ3n) is 1.47. The molecule has 2 N–H and O–H groups in total. The molecule has 0 unspecified atom stereocenters. The van der Waals surface area contributed by atoms with Crippen LogP contribution in [-0.4, -0.2) is 4.98 Å². The number of hydrogen-bond acceptors (Lipinski definition) is 3. The van der Waals surface area contributed by atoms with Crippen molar-refractivity contribution in [1.29, 1.82) is 5.26 Å². The molecule has 1 aromatic rings. The summed E-state index contributed by atoms with van der Waals surface area (Å²) in [5.74, 6) is 0. The Bertz CT molecular complexity index is 305. The second-order valence-electron chi connectivity index (χ2n) is 2.41. The number of halogens is 1. The predicted octanol–water partition coefficient (Wildman–Crippen LogP) is 1.60. The Morgan fingerprint density at radius 2 is 2.42 bits per heavy atom. The monoisotopic (exact) mass is 273 g/mol. The topological polar surface area (TPSA) is 62.7 Å². The van der Waals surface area contributed by atoms with Gasteiger partial charge in [-0.3, -0.25) is 4.98 Å². The van der Waals surface area contributed by atoms with Crippen LogP contribution in [0.15, 0.2) is 18.5 Å². The van der Waals surface area contributed by atoms with Gasteiger partial charge in [-0.1, -0.05) is 0 Å². The van der Waals surface area contributed by atoms with E-state index in [-0.39, 0.29) is 6.04 Å². The van der Waals surface area contributed by atoms with E-state index in [1.165, 1.54) is 0 Å². The standard InChI is InChI=1S/C8H8IN3/c9-7-3-6(4-12-5-7)8(11)1-2-10/h3-5,8H,1,11H2/t8-/m0/s1. The summed E-state index contributed by atoms with van der Waals surface area (Å²) in [4.78, 5) is 3.99. The first-order valence-corrected chi connectivity index (χ1v) is 4.55. The van der Waals surface area contributed by atoms with Gasteiger partial charge in [0, 0.05) is 22.0 Å². The van der Waals surface area contributed by atoms with Crippen LogP contribution in [0.4, 0.5) is 0 Å². The quantitative estimate of drug-likeness (QED) is 0.832. The van der Waals surface area contributed by atoms with E-state index in [0.717, 1.165) is 9.13 Å². The van der Waals surface area contributed by atoms with Crippen molar-refractivity contribution in [3.63, 3.8) is 0 Å². The minimum absolute atomic E-state index is 0.211. The largest absolute Gasteiger partial charge is 0.323 e. The zero-order valence-corrected chi connectivity index (χ0v) is 8.52. The van der Waals surface area contributed by atoms with Gasteiger partial charge in [0.25, 0.3) is 0 Å². The maximum atomic E-state index is 8.42. The highest BCUT2D eigenvalue weighted by atomic mass is 127. The second-order valence-corrected chi connectivity index (χ2v) is 3.65. The Labute approximate surface area is 84.7 Å². The molecule has 1 heterocycles. The minimum Gasteiger partial charge on any atom is -0.323 e. The first-order chi connectivity index (χ1) is 5.74. The van der Waals surface area contributed by atoms with E-state index in [9.17, 15) is 0 Å². The summed E-state index contributed by atoms with van der Waals surface area (Å²) in [7, 11) is 0. The predicted molar refractivity (Wildman–Crippen MR) is 54.1 cm³/mol. The first kappa shape index (κ1) is 9.42. The number of rotatable bonds is 2. The van der Waals surface area contributed by atoms with Gasteiger partial charge in [0.05, 0.1) is 12.5 Å². The van der Waals surface area contributed by atoms with Crippen LogP contribution in [0.5, 0.6) is 0 Å². The van der Waals surface area contributed by atoms with Crippen molar-refractivity contribution < 1.29 is 0 Å². The van der Waals surface area contributed by atoms with Crippen molar-refractivity contribution >= 4 is 22.6 Å². The summed E-state index contributed by atoms with van der Waals surface area (Å²) in [6.07, 6.45) is 3.79. The fourth-order valence-corrected chi connectivity index (χ4v) is 1.37. The smallest absolute Gasteiger partial charge is 0.0641 e. The molecule has 4 heteroatoms. The molecule has 1 atom stereocenters. The molecule has 0 aliphatic heterocycles. The van der Waals surface area contributed by atoms with E-state index < -0.39 is 0 Å². The molecule has 62 valence electrons. The Morgan fingerprint density at radius 3 is 3.00 bits per heavy atom. The van der Waals surface area contributed by atoms with Crippen molar-refractivity contribution in [2.45, 2.75) is 12.5 Å². The van der Waals surface area contributed by atoms with Crippen molar-refractivity contribution in [3.8, 4) is 6.07 Å². The van der Waals surface area contributed by atoms with Gasteiger partial charge in [-0.25, -0.2) is 0 Å². The molecule has 0 spiro atoms. The Morgan fingerprint density at radius 1 is 1.67 bits per heavy atom. The molecule has 0 fully saturated rings. The van der Waals surface area contributed by atoms with Gasteiger partial charge in [-0.15, -0.1) is 0 Å². The number of nitriles is 1. The molecule has 0 saturated heterocycles. The summed E-state index contributed by atoms with van der Waals surface area (Å²) in [6, 6.07) is 3.76. The SMILES string of the molecule is N#CC[C@H](N)c1cncc(I)c1. The van der Waals surface area contributed by atoms with Gasteiger partial charge in [-0.2, -0.15) is 5.26 Å². The number of hydrogen-bond donors (Lipinski definition) is 1. The molecule has 0 aliphatic carbocycles. The van der Waals surface area contributed by atoms with Crippen LogP contribution < -0.4 is 5.73 Å². The molecular formula is C8H8IN3. The highest BCUT2D eigenvalue weighted by molar-refractivity contribution is 14.1. The van der Waals surface area contributed by atoms with Crippen LogP contribution in [0.25, 0.3) is 0 Å². The third kappa shape index (κ3) is 2.43. The lowest BCUT2D eigenvalue weighted by Gasteiger charge is -2.06. The van der Waals surface area contributed by atoms with Crippen molar-refractivity contribution in [2.75, 3.05) is 0 Å². The number of pyridine rings is 1. The molecule has 0 saturated carbocycles. The second kappa shape index (κ2) is 4.38. The molecule has 1 aromatic heterocycles. The fourth-order valence-electron chi connectivity index (χ4n) is 0.847. The summed E-state index contributed by atoms with van der Waals surface area (Å²) in [6.45, 7) is 0. The summed E-state index contributed by atoms with van der Waals surface area (Å²) in [5, 5.41) is 8.42. The lowest BCUT2D eigenvalue weighted by Crippen LogP contribution is -2.09. The van der Waals surface area contributed by atoms with E-state index in [4.69, 9.17) is 11.0 Å². The maximum absolute atomic E-state index is 8.42. The van der Waals surface area contributed by atoms with Crippen LogP contribution in [-0.2, 0) is 0 Å². The molecule has 0 bridgehead atoms. The summed E-state index contributed by atoms with van der Waals surface area (Å²) >= 11 is 2.17. The first-order valence-electron chi connectivity index (χ1n) is 3.47. The van der Waals surface area contributed by atoms with Crippen LogP contribution in [0.2, 0.25) is 0 Å². The Kier molecular flexibility index (Phi) is 3.44. The van der Waals surface area contributed by atoms with Gasteiger partial charge < -0.3 is 5.73 Å². The van der Waals surface area contributed by atoms with Crippen LogP contribution in [0.3, 0.4) is 0 Å². The molecule has 0 radical (unpaired) electrons. The summed E-state index contributed by atoms with van der Waals surface area (Å²) in [5.41, 5.74) is 6.63. The van der Waals surface area contributed by atoms with Gasteiger partial charge in [0.1, 0.15) is 0 Å². The average molecular weight is 273 g/mol. The van der Waals surface area contributed by atoms with Gasteiger partial charge in [0.2, 0.25) is 0 Å². The van der Waals surface area contributed by atoms with Crippen molar-refractivity contribution in [3.05, 3.63) is 27.6 Å². The number of aromatic nitrogens is 1. The molecule has 0 aliphatic rings. The van der Waals surface area contributed by atoms with Crippen molar-refractivity contribution in [1.82, 2.24) is 4.98 Å². The Hall–Kier alpha value is -0.670. The van der Waals surface area contributed by atoms with Gasteiger partial charge >= 0.3 is 0 Å². The average Bonchev–Trinajstić information content (AvgIpc) is 2.05. The third-order valence-corrected chi connectivity index (χ3v) is 2.06. The van der Waals surface area contributed by atoms with Crippen LogP contribution in [0.1, 0.15) is 18.0 Å². The minimum atomic E-state index is -0.211. The molecule has 3 nitrogen and oxygen atoms in total. The van der Waals surface area contributed by atoms with Crippen LogP contribution in [0, 0.1) is 14.9 Å². The van der Waals surface area contributed by atoms with E-state index in [1.807, 2.05) is 12.1 Å². The lowest BCUT2D eigenvalue weighted by molar-refractivity contribution is 0.743. The highest BCUT2D eigenvalue weighted by Crippen LogP contribution is 2.14. The zero-order chi connectivity index (χ0) is 8.97. The Balaban J connectivity index is 2.82. The van der Waals surface area contributed by atoms with Gasteiger partial charge in [-0.05, 0) is 34.2 Å². The normalized spacial score (nSPS) is 12.1. The summed E-state index contributed by atoms with van der Waals surface area (Å²) < 4.78 is 1.04. The fraction of sp³-hybridized carbons (Fsp3) is 0.250. The van der Waals surface area contributed by atoms with E-state index in [1.54, 1.807) is 12.4 Å². The molecule has 0 aromatic carbocycles. The zero-order valence-electron chi connectivity index (χ0n) is 6.37. The highest BCUT2D eigenvalue weighted by Gasteiger charge is 2.04. The lowest BCUT2D eigenvalue weighted by atomic mass is 10.1. The van der Waals surface area contributed by atoms with E-state index in [2.05, 4.69) is 27.6 Å². The molecule has 0 amide bonds.